The molecule has 0 aromatic carbocycles. The Balaban J connectivity index is 2.14. The third kappa shape index (κ3) is 3.13. The summed E-state index contributed by atoms with van der Waals surface area (Å²) >= 11 is 3.51. The van der Waals surface area contributed by atoms with E-state index in [9.17, 15) is 24.6 Å². The van der Waals surface area contributed by atoms with E-state index in [1.165, 1.54) is 4.90 Å². The average molecular weight is 473 g/mol. The number of amides is 2. The Morgan fingerprint density at radius 1 is 1.48 bits per heavy atom. The Morgan fingerprint density at radius 3 is 2.62 bits per heavy atom. The molecular weight excluding hydrogens is 444 g/mol. The maximum Gasteiger partial charge on any atom is 0.310 e. The molecule has 9 heteroatoms. The zero-order valence-corrected chi connectivity index (χ0v) is 18.5. The number of hydrogen-bond donors (Lipinski definition) is 2. The molecule has 8 nitrogen and oxygen atoms in total. The van der Waals surface area contributed by atoms with Gasteiger partial charge in [0.25, 0.3) is 0 Å². The molecule has 3 aliphatic heterocycles. The van der Waals surface area contributed by atoms with Crippen LogP contribution in [0.5, 0.6) is 0 Å². The number of carbonyl (C=O) groups is 3. The molecule has 0 radical (unpaired) electrons. The first-order valence-electron chi connectivity index (χ1n) is 10.0. The van der Waals surface area contributed by atoms with Gasteiger partial charge in [0.05, 0.1) is 30.6 Å². The number of aliphatic carboxylic acids is 1. The van der Waals surface area contributed by atoms with E-state index in [2.05, 4.69) is 22.5 Å². The van der Waals surface area contributed by atoms with Gasteiger partial charge in [0.1, 0.15) is 11.6 Å². The van der Waals surface area contributed by atoms with E-state index in [0.717, 1.165) is 0 Å². The maximum atomic E-state index is 13.7. The average Bonchev–Trinajstić information content (AvgIpc) is 3.24. The van der Waals surface area contributed by atoms with E-state index in [-0.39, 0.29) is 23.4 Å². The van der Waals surface area contributed by atoms with Gasteiger partial charge in [0.2, 0.25) is 11.8 Å². The van der Waals surface area contributed by atoms with Crippen LogP contribution in [0.1, 0.15) is 33.6 Å². The lowest BCUT2D eigenvalue weighted by atomic mass is 9.70. The predicted molar refractivity (Wildman–Crippen MR) is 108 cm³/mol. The molecule has 2 amide bonds. The highest BCUT2D eigenvalue weighted by molar-refractivity contribution is 9.09. The van der Waals surface area contributed by atoms with Crippen molar-refractivity contribution in [3.05, 3.63) is 12.7 Å². The van der Waals surface area contributed by atoms with Gasteiger partial charge in [-0.25, -0.2) is 0 Å². The van der Waals surface area contributed by atoms with Gasteiger partial charge in [-0.3, -0.25) is 14.4 Å². The largest absolute Gasteiger partial charge is 0.481 e. The Bertz CT molecular complexity index is 711. The molecule has 0 aromatic heterocycles. The lowest BCUT2D eigenvalue weighted by Crippen LogP contribution is -2.59. The number of alkyl halides is 1. The van der Waals surface area contributed by atoms with Crippen LogP contribution in [-0.4, -0.2) is 85.6 Å². The minimum Gasteiger partial charge on any atom is -0.481 e. The minimum atomic E-state index is -1.22. The molecule has 0 aliphatic carbocycles. The molecule has 3 fully saturated rings. The number of aliphatic hydroxyl groups is 1. The first kappa shape index (κ1) is 22.2. The van der Waals surface area contributed by atoms with Gasteiger partial charge in [-0.1, -0.05) is 28.9 Å². The van der Waals surface area contributed by atoms with Crippen molar-refractivity contribution >= 4 is 33.7 Å². The Kier molecular flexibility index (Phi) is 6.13. The van der Waals surface area contributed by atoms with Crippen LogP contribution in [0.4, 0.5) is 0 Å². The number of rotatable bonds is 8. The van der Waals surface area contributed by atoms with Gasteiger partial charge < -0.3 is 24.7 Å². The van der Waals surface area contributed by atoms with Crippen LogP contribution in [-0.2, 0) is 19.1 Å². The zero-order chi connectivity index (χ0) is 21.7. The SMILES string of the molecule is C=CCN(C(=O)C1N([C@@H](CC)CO)C(=O)[C@@H]2[C@H](C(=O)O)[C@H]3OC12CC3Br)C(C)C. The topological polar surface area (TPSA) is 107 Å². The molecule has 0 saturated carbocycles. The summed E-state index contributed by atoms with van der Waals surface area (Å²) in [5, 5.41) is 19.7. The van der Waals surface area contributed by atoms with Crippen molar-refractivity contribution in [1.29, 1.82) is 0 Å². The van der Waals surface area contributed by atoms with Crippen molar-refractivity contribution in [2.45, 2.75) is 68.3 Å². The van der Waals surface area contributed by atoms with E-state index in [1.54, 1.807) is 11.0 Å². The summed E-state index contributed by atoms with van der Waals surface area (Å²) in [6.07, 6.45) is 1.77. The van der Waals surface area contributed by atoms with Crippen LogP contribution in [0.3, 0.4) is 0 Å². The van der Waals surface area contributed by atoms with Crippen LogP contribution in [0, 0.1) is 11.8 Å². The monoisotopic (exact) mass is 472 g/mol. The predicted octanol–water partition coefficient (Wildman–Crippen LogP) is 1.01. The second kappa shape index (κ2) is 8.00. The molecule has 29 heavy (non-hydrogen) atoms. The highest BCUT2D eigenvalue weighted by Gasteiger charge is 2.77. The number of likely N-dealkylation sites (tertiary alicyclic amines) is 1. The van der Waals surface area contributed by atoms with Crippen LogP contribution in [0.25, 0.3) is 0 Å². The highest BCUT2D eigenvalue weighted by Crippen LogP contribution is 2.60. The lowest BCUT2D eigenvalue weighted by molar-refractivity contribution is -0.154. The molecule has 162 valence electrons. The highest BCUT2D eigenvalue weighted by atomic mass is 79.9. The fourth-order valence-electron chi connectivity index (χ4n) is 5.29. The third-order valence-electron chi connectivity index (χ3n) is 6.55. The molecule has 3 heterocycles. The number of carboxylic acid groups (broad SMARTS) is 1. The Morgan fingerprint density at radius 2 is 2.14 bits per heavy atom. The summed E-state index contributed by atoms with van der Waals surface area (Å²) < 4.78 is 6.21. The summed E-state index contributed by atoms with van der Waals surface area (Å²) in [7, 11) is 0. The van der Waals surface area contributed by atoms with Gasteiger partial charge in [-0.2, -0.15) is 0 Å². The van der Waals surface area contributed by atoms with E-state index in [4.69, 9.17) is 4.74 Å². The van der Waals surface area contributed by atoms with Crippen LogP contribution < -0.4 is 0 Å². The molecule has 2 bridgehead atoms. The molecule has 7 atom stereocenters. The number of aliphatic hydroxyl groups excluding tert-OH is 1. The summed E-state index contributed by atoms with van der Waals surface area (Å²) in [6.45, 7) is 9.29. The van der Waals surface area contributed by atoms with Crippen LogP contribution in [0.15, 0.2) is 12.7 Å². The van der Waals surface area contributed by atoms with Crippen molar-refractivity contribution in [1.82, 2.24) is 9.80 Å². The third-order valence-corrected chi connectivity index (χ3v) is 7.40. The smallest absolute Gasteiger partial charge is 0.310 e. The molecule has 3 saturated heterocycles. The number of fused-ring (bicyclic) bond motifs is 1. The van der Waals surface area contributed by atoms with Crippen molar-refractivity contribution in [3.8, 4) is 0 Å². The second-order valence-electron chi connectivity index (χ2n) is 8.36. The first-order valence-corrected chi connectivity index (χ1v) is 11.0. The van der Waals surface area contributed by atoms with Crippen LogP contribution in [0.2, 0.25) is 0 Å². The number of hydrogen-bond acceptors (Lipinski definition) is 5. The molecule has 3 unspecified atom stereocenters. The first-order chi connectivity index (χ1) is 13.7. The molecular formula is C20H29BrN2O6. The van der Waals surface area contributed by atoms with E-state index < -0.39 is 47.5 Å². The van der Waals surface area contributed by atoms with Crippen molar-refractivity contribution in [3.63, 3.8) is 0 Å². The fraction of sp³-hybridized carbons (Fsp3) is 0.750. The summed E-state index contributed by atoms with van der Waals surface area (Å²) in [6, 6.07) is -1.70. The summed E-state index contributed by atoms with van der Waals surface area (Å²) in [4.78, 5) is 42.0. The maximum absolute atomic E-state index is 13.7. The van der Waals surface area contributed by atoms with Gasteiger partial charge in [-0.15, -0.1) is 6.58 Å². The Hall–Kier alpha value is -1.45. The lowest BCUT2D eigenvalue weighted by Gasteiger charge is -2.40. The van der Waals surface area contributed by atoms with Gasteiger partial charge in [0.15, 0.2) is 0 Å². The quantitative estimate of drug-likeness (QED) is 0.403. The zero-order valence-electron chi connectivity index (χ0n) is 17.0. The van der Waals surface area contributed by atoms with Gasteiger partial charge in [-0.05, 0) is 26.7 Å². The molecule has 1 spiro atoms. The van der Waals surface area contributed by atoms with E-state index in [1.807, 2.05) is 20.8 Å². The molecule has 3 aliphatic rings. The number of ether oxygens (including phenoxy) is 1. The number of carboxylic acids is 1. The number of carbonyl (C=O) groups excluding carboxylic acids is 2. The summed E-state index contributed by atoms with van der Waals surface area (Å²) in [5.74, 6) is -3.78. The Labute approximate surface area is 179 Å². The fourth-order valence-corrected chi connectivity index (χ4v) is 6.23. The van der Waals surface area contributed by atoms with Gasteiger partial charge in [0, 0.05) is 17.4 Å². The summed E-state index contributed by atoms with van der Waals surface area (Å²) in [5.41, 5.74) is -1.22. The molecule has 2 N–H and O–H groups in total. The normalized spacial score (nSPS) is 36.4. The minimum absolute atomic E-state index is 0.143. The van der Waals surface area contributed by atoms with E-state index >= 15 is 0 Å². The number of nitrogens with zero attached hydrogens (tertiary/aromatic N) is 2. The van der Waals surface area contributed by atoms with Crippen LogP contribution >= 0.6 is 15.9 Å². The van der Waals surface area contributed by atoms with Crippen molar-refractivity contribution in [2.24, 2.45) is 11.8 Å². The molecule has 0 aromatic rings. The van der Waals surface area contributed by atoms with Gasteiger partial charge >= 0.3 is 5.97 Å². The second-order valence-corrected chi connectivity index (χ2v) is 9.54. The number of halogens is 1. The van der Waals surface area contributed by atoms with E-state index in [0.29, 0.717) is 19.4 Å². The molecule has 3 rings (SSSR count). The standard InChI is InChI=1S/C20H29BrN2O6/c1-5-7-22(10(3)4)18(26)16-20-8-12(21)15(29-20)13(19(27)28)14(20)17(25)23(16)11(6-2)9-24/h5,10-16,24H,1,6-9H2,2-4H3,(H,27,28)/t11-,12?,13-,14-,15-,16?,20?/m0/s1. The van der Waals surface area contributed by atoms with Crippen molar-refractivity contribution < 1.29 is 29.3 Å². The van der Waals surface area contributed by atoms with Crippen molar-refractivity contribution in [2.75, 3.05) is 13.2 Å².